The Hall–Kier alpha value is -2.87. The normalized spacial score (nSPS) is 11.4. The number of rotatable bonds is 4. The van der Waals surface area contributed by atoms with E-state index >= 15 is 0 Å². The number of nitrogens with one attached hydrogen (secondary N) is 2. The van der Waals surface area contributed by atoms with Gasteiger partial charge in [0.15, 0.2) is 0 Å². The first-order valence-corrected chi connectivity index (χ1v) is 8.68. The van der Waals surface area contributed by atoms with Gasteiger partial charge in [0.25, 0.3) is 10.0 Å². The van der Waals surface area contributed by atoms with Crippen molar-refractivity contribution >= 4 is 15.7 Å². The molecule has 0 atom stereocenters. The van der Waals surface area contributed by atoms with Crippen molar-refractivity contribution in [3.63, 3.8) is 0 Å². The lowest BCUT2D eigenvalue weighted by Gasteiger charge is -2.12. The van der Waals surface area contributed by atoms with Crippen LogP contribution in [0.2, 0.25) is 0 Å². The maximum absolute atomic E-state index is 12.6. The first kappa shape index (κ1) is 16.0. The summed E-state index contributed by atoms with van der Waals surface area (Å²) in [7, 11) is -3.72. The van der Waals surface area contributed by atoms with E-state index in [0.29, 0.717) is 16.9 Å². The summed E-state index contributed by atoms with van der Waals surface area (Å²) in [6.07, 6.45) is 1.33. The van der Waals surface area contributed by atoms with Crippen LogP contribution in [0.1, 0.15) is 11.1 Å². The molecule has 0 radical (unpaired) electrons. The average Bonchev–Trinajstić information content (AvgIpc) is 2.95. The monoisotopic (exact) mass is 344 g/mol. The van der Waals surface area contributed by atoms with Gasteiger partial charge in [0.1, 0.15) is 6.33 Å². The lowest BCUT2D eigenvalue weighted by molar-refractivity contribution is 0.600. The van der Waals surface area contributed by atoms with Crippen LogP contribution in [0.5, 0.6) is 0 Å². The van der Waals surface area contributed by atoms with Crippen LogP contribution in [0.4, 0.5) is 5.69 Å². The van der Waals surface area contributed by atoms with Gasteiger partial charge in [-0.3, -0.25) is 4.72 Å². The summed E-state index contributed by atoms with van der Waals surface area (Å²) < 4.78 is 29.1. The Balaban J connectivity index is 1.98. The van der Waals surface area contributed by atoms with E-state index < -0.39 is 15.7 Å². The molecular weight excluding hydrogens is 328 g/mol. The Kier molecular flexibility index (Phi) is 3.98. The molecule has 0 aliphatic rings. The molecule has 1 heterocycles. The zero-order valence-electron chi connectivity index (χ0n) is 13.1. The summed E-state index contributed by atoms with van der Waals surface area (Å²) >= 11 is 0. The van der Waals surface area contributed by atoms with Crippen molar-refractivity contribution in [2.24, 2.45) is 0 Å². The van der Waals surface area contributed by atoms with Crippen molar-refractivity contribution in [3.8, 4) is 5.69 Å². The molecule has 7 nitrogen and oxygen atoms in total. The third-order valence-electron chi connectivity index (χ3n) is 3.56. The second-order valence-electron chi connectivity index (χ2n) is 5.46. The van der Waals surface area contributed by atoms with E-state index in [-0.39, 0.29) is 4.90 Å². The van der Waals surface area contributed by atoms with Gasteiger partial charge in [0.05, 0.1) is 16.3 Å². The summed E-state index contributed by atoms with van der Waals surface area (Å²) in [5.74, 6) is 0. The number of hydrogen-bond donors (Lipinski definition) is 2. The number of aromatic nitrogens is 3. The molecular formula is C16H16N4O3S. The van der Waals surface area contributed by atoms with Crippen LogP contribution in [-0.2, 0) is 10.0 Å². The Bertz CT molecular complexity index is 1050. The summed E-state index contributed by atoms with van der Waals surface area (Å²) in [6.45, 7) is 3.58. The third kappa shape index (κ3) is 3.09. The van der Waals surface area contributed by atoms with E-state index in [4.69, 9.17) is 0 Å². The summed E-state index contributed by atoms with van der Waals surface area (Å²) in [5, 5.41) is 5.95. The maximum atomic E-state index is 12.6. The number of nitrogens with zero attached hydrogens (tertiary/aromatic N) is 2. The highest BCUT2D eigenvalue weighted by atomic mass is 32.2. The van der Waals surface area contributed by atoms with Crippen molar-refractivity contribution in [1.82, 2.24) is 14.8 Å². The van der Waals surface area contributed by atoms with E-state index in [2.05, 4.69) is 14.9 Å². The molecule has 1 aromatic heterocycles. The van der Waals surface area contributed by atoms with Crippen LogP contribution in [0, 0.1) is 13.8 Å². The van der Waals surface area contributed by atoms with Gasteiger partial charge in [0.2, 0.25) is 0 Å². The van der Waals surface area contributed by atoms with E-state index in [1.54, 1.807) is 43.3 Å². The molecule has 2 N–H and O–H groups in total. The largest absolute Gasteiger partial charge is 0.347 e. The Morgan fingerprint density at radius 3 is 2.62 bits per heavy atom. The number of hydrogen-bond acceptors (Lipinski definition) is 4. The minimum atomic E-state index is -3.72. The second-order valence-corrected chi connectivity index (χ2v) is 7.11. The first-order valence-electron chi connectivity index (χ1n) is 7.19. The number of aromatic amines is 1. The first-order chi connectivity index (χ1) is 11.4. The minimum absolute atomic E-state index is 0.230. The van der Waals surface area contributed by atoms with Crippen LogP contribution in [0.25, 0.3) is 5.69 Å². The summed E-state index contributed by atoms with van der Waals surface area (Å²) in [4.78, 5) is 11.9. The zero-order chi connectivity index (χ0) is 17.3. The summed E-state index contributed by atoms with van der Waals surface area (Å²) in [6, 6.07) is 11.8. The number of sulfonamides is 1. The molecule has 3 aromatic rings. The lowest BCUT2D eigenvalue weighted by Crippen LogP contribution is -2.16. The van der Waals surface area contributed by atoms with Gasteiger partial charge < -0.3 is 0 Å². The van der Waals surface area contributed by atoms with Gasteiger partial charge in [-0.1, -0.05) is 18.2 Å². The van der Waals surface area contributed by atoms with Crippen LogP contribution in [-0.4, -0.2) is 23.2 Å². The van der Waals surface area contributed by atoms with Gasteiger partial charge >= 0.3 is 5.69 Å². The molecule has 0 saturated carbocycles. The van der Waals surface area contributed by atoms with E-state index in [0.717, 1.165) is 5.56 Å². The van der Waals surface area contributed by atoms with Crippen molar-refractivity contribution < 1.29 is 8.42 Å². The zero-order valence-corrected chi connectivity index (χ0v) is 14.0. The topological polar surface area (TPSA) is 96.8 Å². The molecule has 3 rings (SSSR count). The highest BCUT2D eigenvalue weighted by molar-refractivity contribution is 7.92. The fraction of sp³-hybridized carbons (Fsp3) is 0.125. The van der Waals surface area contributed by atoms with E-state index in [1.807, 2.05) is 13.0 Å². The van der Waals surface area contributed by atoms with E-state index in [1.165, 1.54) is 10.9 Å². The van der Waals surface area contributed by atoms with Crippen LogP contribution >= 0.6 is 0 Å². The van der Waals surface area contributed by atoms with Crippen LogP contribution < -0.4 is 10.4 Å². The van der Waals surface area contributed by atoms with Gasteiger partial charge in [0, 0.05) is 0 Å². The molecule has 8 heteroatoms. The van der Waals surface area contributed by atoms with Gasteiger partial charge in [-0.05, 0) is 49.2 Å². The smallest absolute Gasteiger partial charge is 0.280 e. The summed E-state index contributed by atoms with van der Waals surface area (Å²) in [5.41, 5.74) is 2.00. The van der Waals surface area contributed by atoms with Gasteiger partial charge in [-0.25, -0.2) is 22.9 Å². The standard InChI is InChI=1S/C16H16N4O3S/c1-11-6-7-12(2)15(8-11)24(22,23)19-13-4-3-5-14(9-13)20-10-17-18-16(20)21/h3-10,19H,1-2H3,(H,18,21). The van der Waals surface area contributed by atoms with Gasteiger partial charge in [-0.2, -0.15) is 5.10 Å². The van der Waals surface area contributed by atoms with Crippen LogP contribution in [0.15, 0.2) is 58.5 Å². The minimum Gasteiger partial charge on any atom is -0.280 e. The SMILES string of the molecule is Cc1ccc(C)c(S(=O)(=O)Nc2cccc(-n3cn[nH]c3=O)c2)c1. The number of aryl methyl sites for hydroxylation is 2. The Labute approximate surface area is 139 Å². The highest BCUT2D eigenvalue weighted by Gasteiger charge is 2.17. The average molecular weight is 344 g/mol. The lowest BCUT2D eigenvalue weighted by atomic mass is 10.2. The highest BCUT2D eigenvalue weighted by Crippen LogP contribution is 2.21. The Morgan fingerprint density at radius 1 is 1.12 bits per heavy atom. The van der Waals surface area contributed by atoms with E-state index in [9.17, 15) is 13.2 Å². The molecule has 24 heavy (non-hydrogen) atoms. The fourth-order valence-corrected chi connectivity index (χ4v) is 3.74. The maximum Gasteiger partial charge on any atom is 0.347 e. The molecule has 0 aliphatic carbocycles. The van der Waals surface area contributed by atoms with Crippen LogP contribution in [0.3, 0.4) is 0 Å². The molecule has 0 unspecified atom stereocenters. The molecule has 2 aromatic carbocycles. The number of benzene rings is 2. The predicted octanol–water partition coefficient (Wildman–Crippen LogP) is 1.98. The quantitative estimate of drug-likeness (QED) is 0.756. The molecule has 0 aliphatic heterocycles. The predicted molar refractivity (Wildman–Crippen MR) is 90.9 cm³/mol. The number of anilines is 1. The Morgan fingerprint density at radius 2 is 1.92 bits per heavy atom. The molecule has 0 bridgehead atoms. The molecule has 0 saturated heterocycles. The molecule has 0 amide bonds. The van der Waals surface area contributed by atoms with Crippen molar-refractivity contribution in [2.75, 3.05) is 4.72 Å². The van der Waals surface area contributed by atoms with Gasteiger partial charge in [-0.15, -0.1) is 0 Å². The van der Waals surface area contributed by atoms with Crippen molar-refractivity contribution in [1.29, 1.82) is 0 Å². The molecule has 0 spiro atoms. The second kappa shape index (κ2) is 5.97. The van der Waals surface area contributed by atoms with Crippen molar-refractivity contribution in [3.05, 3.63) is 70.4 Å². The molecule has 0 fully saturated rings. The fourth-order valence-electron chi connectivity index (χ4n) is 2.36. The molecule has 124 valence electrons. The number of H-pyrrole nitrogens is 1. The third-order valence-corrected chi connectivity index (χ3v) is 5.09. The van der Waals surface area contributed by atoms with Crippen molar-refractivity contribution in [2.45, 2.75) is 18.7 Å².